The van der Waals surface area contributed by atoms with Gasteiger partial charge in [0.2, 0.25) is 0 Å². The summed E-state index contributed by atoms with van der Waals surface area (Å²) in [5.41, 5.74) is 22.1. The fourth-order valence-electron chi connectivity index (χ4n) is 11.5. The summed E-state index contributed by atoms with van der Waals surface area (Å²) in [6, 6.07) is 67.2. The van der Waals surface area contributed by atoms with Crippen molar-refractivity contribution in [3.05, 3.63) is 199 Å². The summed E-state index contributed by atoms with van der Waals surface area (Å²) in [6.45, 7) is 4.85. The zero-order valence-corrected chi connectivity index (χ0v) is 35.0. The first-order valence-corrected chi connectivity index (χ1v) is 22.2. The molecule has 0 bridgehead atoms. The van der Waals surface area contributed by atoms with Gasteiger partial charge in [-0.25, -0.2) is 0 Å². The van der Waals surface area contributed by atoms with E-state index >= 15 is 0 Å². The SMILES string of the molecule is CC1(C)C2=C(CCCC2)N(c2ccc3c(c2)N(c2ccccc2)c2cccc4c2B3c2cc(-c3cccc5c3oc3ccccc35)ccc2N4c2ccccc2)c2ccccc21. The van der Waals surface area contributed by atoms with E-state index in [2.05, 4.69) is 211 Å². The molecule has 0 unspecified atom stereocenters. The molecular weight excluding hydrogens is 753 g/mol. The molecule has 0 saturated heterocycles. The molecule has 296 valence electrons. The highest BCUT2D eigenvalue weighted by molar-refractivity contribution is 7.00. The molecule has 5 heteroatoms. The van der Waals surface area contributed by atoms with Crippen molar-refractivity contribution < 1.29 is 4.42 Å². The van der Waals surface area contributed by atoms with E-state index in [1.165, 1.54) is 74.6 Å². The minimum absolute atomic E-state index is 0.0106. The van der Waals surface area contributed by atoms with Crippen molar-refractivity contribution in [2.24, 2.45) is 0 Å². The quantitative estimate of drug-likeness (QED) is 0.165. The Bertz CT molecular complexity index is 3310. The minimum atomic E-state index is -0.0213. The molecule has 0 N–H and O–H groups in total. The Morgan fingerprint density at radius 1 is 0.484 bits per heavy atom. The Labute approximate surface area is 363 Å². The molecular formula is C57H44BN3O. The van der Waals surface area contributed by atoms with E-state index in [-0.39, 0.29) is 12.1 Å². The standard InChI is InChI=1S/C57H44BN3O/c1-57(2)44-24-10-12-26-48(44)61(49-27-13-11-25-45(49)57)40-32-33-46-53(36-40)60(39-19-7-4-8-20-39)52-29-16-28-51-55(52)58(46)47-35-37(31-34-50(47)59(51)38-17-5-3-6-18-38)41-22-15-23-43-42-21-9-14-30-54(42)62-56(41)43/h3-10,12,14-24,26,28-36H,11,13,25,27H2,1-2H3. The Kier molecular flexibility index (Phi) is 7.67. The molecule has 0 radical (unpaired) electrons. The smallest absolute Gasteiger partial charge is 0.252 e. The van der Waals surface area contributed by atoms with Crippen LogP contribution in [0.5, 0.6) is 0 Å². The van der Waals surface area contributed by atoms with Crippen LogP contribution in [0.1, 0.15) is 45.1 Å². The Balaban J connectivity index is 1.08. The van der Waals surface area contributed by atoms with Gasteiger partial charge in [0.1, 0.15) is 11.2 Å². The van der Waals surface area contributed by atoms with Gasteiger partial charge in [-0.15, -0.1) is 0 Å². The maximum atomic E-state index is 6.65. The molecule has 0 saturated carbocycles. The van der Waals surface area contributed by atoms with E-state index in [4.69, 9.17) is 4.42 Å². The molecule has 3 aliphatic heterocycles. The molecule has 0 fully saturated rings. The first kappa shape index (κ1) is 35.5. The molecule has 8 aromatic carbocycles. The summed E-state index contributed by atoms with van der Waals surface area (Å²) in [5, 5.41) is 2.28. The third kappa shape index (κ3) is 5.02. The zero-order chi connectivity index (χ0) is 41.1. The molecule has 13 rings (SSSR count). The Morgan fingerprint density at radius 2 is 1.15 bits per heavy atom. The molecule has 4 aliphatic rings. The Hall–Kier alpha value is -7.24. The van der Waals surface area contributed by atoms with Crippen LogP contribution in [0, 0.1) is 0 Å². The van der Waals surface area contributed by atoms with Gasteiger partial charge in [-0.1, -0.05) is 129 Å². The second-order valence-corrected chi connectivity index (χ2v) is 17.9. The highest BCUT2D eigenvalue weighted by atomic mass is 16.3. The van der Waals surface area contributed by atoms with Gasteiger partial charge in [-0.2, -0.15) is 0 Å². The van der Waals surface area contributed by atoms with Gasteiger partial charge in [-0.3, -0.25) is 0 Å². The van der Waals surface area contributed by atoms with Gasteiger partial charge in [-0.05, 0) is 126 Å². The number of benzene rings is 8. The summed E-state index contributed by atoms with van der Waals surface area (Å²) in [5.74, 6) is 0. The number of para-hydroxylation sites is 5. The molecule has 4 heterocycles. The molecule has 62 heavy (non-hydrogen) atoms. The highest BCUT2D eigenvalue weighted by Crippen LogP contribution is 2.53. The normalized spacial score (nSPS) is 15.9. The van der Waals surface area contributed by atoms with E-state index in [1.54, 1.807) is 5.57 Å². The van der Waals surface area contributed by atoms with Crippen LogP contribution >= 0.6 is 0 Å². The molecule has 1 aromatic heterocycles. The van der Waals surface area contributed by atoms with Crippen molar-refractivity contribution in [3.8, 4) is 11.1 Å². The highest BCUT2D eigenvalue weighted by Gasteiger charge is 2.45. The zero-order valence-electron chi connectivity index (χ0n) is 35.0. The van der Waals surface area contributed by atoms with Crippen LogP contribution in [-0.4, -0.2) is 6.71 Å². The van der Waals surface area contributed by atoms with Crippen molar-refractivity contribution in [1.82, 2.24) is 0 Å². The average molecular weight is 798 g/mol. The third-order valence-electron chi connectivity index (χ3n) is 14.3. The average Bonchev–Trinajstić information content (AvgIpc) is 3.71. The van der Waals surface area contributed by atoms with E-state index < -0.39 is 0 Å². The maximum absolute atomic E-state index is 6.65. The van der Waals surface area contributed by atoms with Crippen molar-refractivity contribution in [3.63, 3.8) is 0 Å². The second kappa shape index (κ2) is 13.4. The lowest BCUT2D eigenvalue weighted by Crippen LogP contribution is -2.61. The van der Waals surface area contributed by atoms with E-state index in [1.807, 2.05) is 0 Å². The van der Waals surface area contributed by atoms with E-state index in [0.717, 1.165) is 57.3 Å². The molecule has 4 nitrogen and oxygen atoms in total. The number of fused-ring (bicyclic) bond motifs is 8. The van der Waals surface area contributed by atoms with Gasteiger partial charge >= 0.3 is 0 Å². The maximum Gasteiger partial charge on any atom is 0.252 e. The van der Waals surface area contributed by atoms with Crippen LogP contribution in [-0.2, 0) is 5.41 Å². The van der Waals surface area contributed by atoms with Crippen LogP contribution in [0.15, 0.2) is 198 Å². The lowest BCUT2D eigenvalue weighted by atomic mass is 9.33. The fraction of sp³-hybridized carbons (Fsp3) is 0.123. The van der Waals surface area contributed by atoms with Gasteiger partial charge < -0.3 is 19.1 Å². The summed E-state index contributed by atoms with van der Waals surface area (Å²) >= 11 is 0. The Morgan fingerprint density at radius 3 is 1.95 bits per heavy atom. The van der Waals surface area contributed by atoms with Gasteiger partial charge in [0.25, 0.3) is 6.71 Å². The molecule has 1 aliphatic carbocycles. The van der Waals surface area contributed by atoms with Crippen LogP contribution in [0.2, 0.25) is 0 Å². The fourth-order valence-corrected chi connectivity index (χ4v) is 11.5. The second-order valence-electron chi connectivity index (χ2n) is 17.9. The summed E-state index contributed by atoms with van der Waals surface area (Å²) < 4.78 is 6.65. The lowest BCUT2D eigenvalue weighted by Gasteiger charge is -2.47. The van der Waals surface area contributed by atoms with Crippen LogP contribution in [0.3, 0.4) is 0 Å². The van der Waals surface area contributed by atoms with E-state index in [9.17, 15) is 0 Å². The first-order chi connectivity index (χ1) is 30.5. The number of nitrogens with zero attached hydrogens (tertiary/aromatic N) is 3. The van der Waals surface area contributed by atoms with Crippen LogP contribution < -0.4 is 31.1 Å². The van der Waals surface area contributed by atoms with Crippen LogP contribution in [0.4, 0.5) is 45.5 Å². The predicted octanol–water partition coefficient (Wildman–Crippen LogP) is 13.6. The third-order valence-corrected chi connectivity index (χ3v) is 14.3. The monoisotopic (exact) mass is 797 g/mol. The van der Waals surface area contributed by atoms with Gasteiger partial charge in [0.15, 0.2) is 0 Å². The topological polar surface area (TPSA) is 22.9 Å². The van der Waals surface area contributed by atoms with E-state index in [0.29, 0.717) is 0 Å². The summed E-state index contributed by atoms with van der Waals surface area (Å²) in [4.78, 5) is 7.61. The molecule has 9 aromatic rings. The predicted molar refractivity (Wildman–Crippen MR) is 260 cm³/mol. The number of anilines is 8. The van der Waals surface area contributed by atoms with Crippen LogP contribution in [0.25, 0.3) is 33.1 Å². The summed E-state index contributed by atoms with van der Waals surface area (Å²) in [6.07, 6.45) is 4.69. The van der Waals surface area contributed by atoms with Gasteiger partial charge in [0, 0.05) is 72.9 Å². The largest absolute Gasteiger partial charge is 0.455 e. The van der Waals surface area contributed by atoms with Crippen molar-refractivity contribution >= 4 is 90.5 Å². The lowest BCUT2D eigenvalue weighted by molar-refractivity contribution is 0.517. The van der Waals surface area contributed by atoms with Crippen molar-refractivity contribution in [2.45, 2.75) is 44.9 Å². The van der Waals surface area contributed by atoms with Gasteiger partial charge in [0.05, 0.1) is 0 Å². The molecule has 0 spiro atoms. The number of hydrogen-bond donors (Lipinski definition) is 0. The summed E-state index contributed by atoms with van der Waals surface area (Å²) in [7, 11) is 0. The molecule has 0 atom stereocenters. The number of rotatable bonds is 4. The number of furan rings is 1. The van der Waals surface area contributed by atoms with Crippen molar-refractivity contribution in [1.29, 1.82) is 0 Å². The first-order valence-electron chi connectivity index (χ1n) is 22.2. The number of hydrogen-bond acceptors (Lipinski definition) is 4. The molecule has 0 amide bonds. The number of allylic oxidation sites excluding steroid dienone is 2. The van der Waals surface area contributed by atoms with Crippen molar-refractivity contribution in [2.75, 3.05) is 14.7 Å². The minimum Gasteiger partial charge on any atom is -0.455 e.